The molecule has 0 spiro atoms. The lowest BCUT2D eigenvalue weighted by molar-refractivity contribution is -0.141. The number of nitrogen functional groups attached to an aromatic ring is 1. The lowest BCUT2D eigenvalue weighted by Gasteiger charge is -2.30. The molecule has 0 fully saturated rings. The minimum absolute atomic E-state index is 0.157. The number of nitrogens with two attached hydrogens (primary N) is 1. The molecular formula is C20H33FN2O2. The van der Waals surface area contributed by atoms with Gasteiger partial charge in [0.1, 0.15) is 5.82 Å². The Hall–Kier alpha value is -1.78. The van der Waals surface area contributed by atoms with E-state index in [2.05, 4.69) is 32.6 Å². The Morgan fingerprint density at radius 3 is 2.20 bits per heavy atom. The van der Waals surface area contributed by atoms with E-state index >= 15 is 0 Å². The van der Waals surface area contributed by atoms with Gasteiger partial charge in [-0.2, -0.15) is 0 Å². The molecule has 2 N–H and O–H groups in total. The number of carbonyl (C=O) groups excluding carboxylic acids is 1. The molecule has 1 aromatic carbocycles. The molecule has 0 saturated heterocycles. The smallest absolute Gasteiger partial charge is 0.306 e. The van der Waals surface area contributed by atoms with Crippen molar-refractivity contribution in [2.45, 2.75) is 53.4 Å². The van der Waals surface area contributed by atoms with E-state index in [1.54, 1.807) is 6.07 Å². The molecule has 25 heavy (non-hydrogen) atoms. The van der Waals surface area contributed by atoms with Crippen LogP contribution >= 0.6 is 0 Å². The highest BCUT2D eigenvalue weighted by atomic mass is 19.1. The van der Waals surface area contributed by atoms with Crippen molar-refractivity contribution < 1.29 is 13.9 Å². The fraction of sp³-hybridized carbons (Fsp3) is 0.650. The van der Waals surface area contributed by atoms with Crippen molar-refractivity contribution in [2.75, 3.05) is 30.8 Å². The number of hydrogen-bond donors (Lipinski definition) is 1. The number of anilines is 2. The molecule has 4 nitrogen and oxygen atoms in total. The maximum atomic E-state index is 14.8. The number of methoxy groups -OCH3 is 1. The summed E-state index contributed by atoms with van der Waals surface area (Å²) in [5.41, 5.74) is 8.05. The van der Waals surface area contributed by atoms with Crippen LogP contribution in [0.25, 0.3) is 0 Å². The molecule has 1 rings (SSSR count). The molecule has 0 bridgehead atoms. The number of carbonyl (C=O) groups is 1. The summed E-state index contributed by atoms with van der Waals surface area (Å²) in [7, 11) is 1.35. The van der Waals surface area contributed by atoms with Crippen LogP contribution in [0.5, 0.6) is 0 Å². The molecule has 0 aromatic heterocycles. The summed E-state index contributed by atoms with van der Waals surface area (Å²) in [5.74, 6) is 0.0206. The van der Waals surface area contributed by atoms with Crippen LogP contribution in [0.2, 0.25) is 0 Å². The molecule has 1 aromatic rings. The largest absolute Gasteiger partial charge is 0.469 e. The zero-order valence-electron chi connectivity index (χ0n) is 16.4. The van der Waals surface area contributed by atoms with E-state index in [-0.39, 0.29) is 24.1 Å². The third-order valence-corrected chi connectivity index (χ3v) is 4.23. The molecule has 1 unspecified atom stereocenters. The summed E-state index contributed by atoms with van der Waals surface area (Å²) in [6, 6.07) is 3.21. The van der Waals surface area contributed by atoms with E-state index in [1.165, 1.54) is 13.2 Å². The lowest BCUT2D eigenvalue weighted by atomic mass is 9.91. The molecule has 0 amide bonds. The highest BCUT2D eigenvalue weighted by Gasteiger charge is 2.22. The van der Waals surface area contributed by atoms with Crippen LogP contribution in [-0.4, -0.2) is 26.2 Å². The zero-order chi connectivity index (χ0) is 19.1. The van der Waals surface area contributed by atoms with Gasteiger partial charge in [-0.15, -0.1) is 0 Å². The van der Waals surface area contributed by atoms with Gasteiger partial charge in [-0.3, -0.25) is 4.79 Å². The van der Waals surface area contributed by atoms with Crippen LogP contribution < -0.4 is 10.6 Å². The first-order valence-corrected chi connectivity index (χ1v) is 9.10. The minimum Gasteiger partial charge on any atom is -0.469 e. The number of rotatable bonds is 9. The highest BCUT2D eigenvalue weighted by molar-refractivity contribution is 5.72. The van der Waals surface area contributed by atoms with Gasteiger partial charge in [-0.25, -0.2) is 4.39 Å². The van der Waals surface area contributed by atoms with E-state index in [0.29, 0.717) is 29.5 Å². The Bertz CT molecular complexity index is 563. The molecule has 0 aliphatic heterocycles. The van der Waals surface area contributed by atoms with Gasteiger partial charge in [0.15, 0.2) is 0 Å². The first-order chi connectivity index (χ1) is 11.7. The third kappa shape index (κ3) is 6.22. The average molecular weight is 352 g/mol. The van der Waals surface area contributed by atoms with Gasteiger partial charge in [0.25, 0.3) is 0 Å². The van der Waals surface area contributed by atoms with E-state index in [0.717, 1.165) is 18.8 Å². The summed E-state index contributed by atoms with van der Waals surface area (Å²) in [6.45, 7) is 12.1. The molecule has 0 aliphatic carbocycles. The first-order valence-electron chi connectivity index (χ1n) is 9.10. The molecule has 142 valence electrons. The Balaban J connectivity index is 3.20. The number of benzene rings is 1. The fourth-order valence-corrected chi connectivity index (χ4v) is 3.10. The lowest BCUT2D eigenvalue weighted by Crippen LogP contribution is -2.32. The van der Waals surface area contributed by atoms with Crippen LogP contribution in [-0.2, 0) is 9.53 Å². The molecule has 0 saturated carbocycles. The van der Waals surface area contributed by atoms with E-state index in [9.17, 15) is 9.18 Å². The predicted octanol–water partition coefficient (Wildman–Crippen LogP) is 4.58. The van der Waals surface area contributed by atoms with Gasteiger partial charge in [-0.1, -0.05) is 34.6 Å². The second-order valence-corrected chi connectivity index (χ2v) is 7.51. The van der Waals surface area contributed by atoms with Gasteiger partial charge in [0.05, 0.1) is 24.9 Å². The SMILES string of the molecule is CCC(CC(=O)OC)c1cc(N)c(N(CC(C)C)CC(C)C)cc1F. The molecule has 0 radical (unpaired) electrons. The molecule has 1 atom stereocenters. The van der Waals surface area contributed by atoms with E-state index in [4.69, 9.17) is 10.5 Å². The quantitative estimate of drug-likeness (QED) is 0.522. The summed E-state index contributed by atoms with van der Waals surface area (Å²) in [6.07, 6.45) is 0.802. The number of esters is 1. The monoisotopic (exact) mass is 352 g/mol. The maximum absolute atomic E-state index is 14.8. The number of hydrogen-bond acceptors (Lipinski definition) is 4. The summed E-state index contributed by atoms with van der Waals surface area (Å²) < 4.78 is 19.5. The number of ether oxygens (including phenoxy) is 1. The Kier molecular flexibility index (Phi) is 8.20. The number of nitrogens with zero attached hydrogens (tertiary/aromatic N) is 1. The molecule has 0 aliphatic rings. The van der Waals surface area contributed by atoms with Crippen LogP contribution in [0.4, 0.5) is 15.8 Å². The van der Waals surface area contributed by atoms with Crippen molar-refractivity contribution >= 4 is 17.3 Å². The number of halogens is 1. The minimum atomic E-state index is -0.338. The van der Waals surface area contributed by atoms with Crippen LogP contribution in [0.1, 0.15) is 58.9 Å². The first kappa shape index (κ1) is 21.3. The maximum Gasteiger partial charge on any atom is 0.306 e. The van der Waals surface area contributed by atoms with Crippen molar-refractivity contribution in [3.05, 3.63) is 23.5 Å². The van der Waals surface area contributed by atoms with Crippen molar-refractivity contribution in [2.24, 2.45) is 11.8 Å². The van der Waals surface area contributed by atoms with Gasteiger partial charge in [-0.05, 0) is 41.9 Å². The van der Waals surface area contributed by atoms with Crippen LogP contribution in [0, 0.1) is 17.7 Å². The normalized spacial score (nSPS) is 12.5. The fourth-order valence-electron chi connectivity index (χ4n) is 3.10. The van der Waals surface area contributed by atoms with Gasteiger partial charge >= 0.3 is 5.97 Å². The summed E-state index contributed by atoms with van der Waals surface area (Å²) in [5, 5.41) is 0. The van der Waals surface area contributed by atoms with Crippen molar-refractivity contribution in [3.63, 3.8) is 0 Å². The highest BCUT2D eigenvalue weighted by Crippen LogP contribution is 2.34. The topological polar surface area (TPSA) is 55.6 Å². The Morgan fingerprint density at radius 1 is 1.20 bits per heavy atom. The second-order valence-electron chi connectivity index (χ2n) is 7.51. The van der Waals surface area contributed by atoms with E-state index < -0.39 is 0 Å². The van der Waals surface area contributed by atoms with Gasteiger partial charge < -0.3 is 15.4 Å². The zero-order valence-corrected chi connectivity index (χ0v) is 16.4. The molecular weight excluding hydrogens is 319 g/mol. The summed E-state index contributed by atoms with van der Waals surface area (Å²) in [4.78, 5) is 13.7. The van der Waals surface area contributed by atoms with Crippen molar-refractivity contribution in [1.82, 2.24) is 0 Å². The van der Waals surface area contributed by atoms with Crippen LogP contribution in [0.3, 0.4) is 0 Å². The standard InChI is InChI=1S/C20H33FN2O2/c1-7-15(8-20(24)25-6)16-9-18(22)19(10-17(16)21)23(11-13(2)3)12-14(4)5/h9-10,13-15H,7-8,11-12,22H2,1-6H3. The second kappa shape index (κ2) is 9.64. The molecule has 0 heterocycles. The predicted molar refractivity (Wildman–Crippen MR) is 102 cm³/mol. The van der Waals surface area contributed by atoms with Crippen molar-refractivity contribution in [1.29, 1.82) is 0 Å². The molecule has 5 heteroatoms. The van der Waals surface area contributed by atoms with Gasteiger partial charge in [0.2, 0.25) is 0 Å². The third-order valence-electron chi connectivity index (χ3n) is 4.23. The summed E-state index contributed by atoms with van der Waals surface area (Å²) >= 11 is 0. The van der Waals surface area contributed by atoms with Gasteiger partial charge in [0, 0.05) is 13.1 Å². The van der Waals surface area contributed by atoms with Crippen molar-refractivity contribution in [3.8, 4) is 0 Å². The van der Waals surface area contributed by atoms with Crippen LogP contribution in [0.15, 0.2) is 12.1 Å². The Labute approximate surface area is 151 Å². The Morgan fingerprint density at radius 2 is 1.76 bits per heavy atom. The van der Waals surface area contributed by atoms with E-state index in [1.807, 2.05) is 6.92 Å². The average Bonchev–Trinajstić information content (AvgIpc) is 2.52.